The Kier molecular flexibility index (Phi) is 5.90. The summed E-state index contributed by atoms with van der Waals surface area (Å²) in [5.74, 6) is -1.31. The van der Waals surface area contributed by atoms with Gasteiger partial charge in [0.1, 0.15) is 0 Å². The van der Waals surface area contributed by atoms with E-state index >= 15 is 0 Å². The van der Waals surface area contributed by atoms with E-state index in [-0.39, 0.29) is 47.6 Å². The van der Waals surface area contributed by atoms with Gasteiger partial charge in [-0.05, 0) is 61.3 Å². The summed E-state index contributed by atoms with van der Waals surface area (Å²) < 4.78 is 5.03. The van der Waals surface area contributed by atoms with E-state index in [0.717, 1.165) is 25.7 Å². The predicted octanol–water partition coefficient (Wildman–Crippen LogP) is 3.00. The molecule has 0 aromatic heterocycles. The number of allylic oxidation sites excluding steroid dienone is 3. The molecule has 0 aromatic rings. The number of carboxylic acids is 1. The maximum atomic E-state index is 13.0. The van der Waals surface area contributed by atoms with Crippen molar-refractivity contribution >= 4 is 23.5 Å². The molecule has 0 aromatic carbocycles. The molecule has 7 heteroatoms. The average molecular weight is 445 g/mol. The molecule has 0 aliphatic heterocycles. The van der Waals surface area contributed by atoms with Crippen LogP contribution in [0.4, 0.5) is 0 Å². The summed E-state index contributed by atoms with van der Waals surface area (Å²) in [5.41, 5.74) is 1.14. The van der Waals surface area contributed by atoms with Crippen molar-refractivity contribution < 1.29 is 34.1 Å². The van der Waals surface area contributed by atoms with Crippen molar-refractivity contribution in [2.45, 2.75) is 71.3 Å². The van der Waals surface area contributed by atoms with Crippen molar-refractivity contribution in [1.29, 1.82) is 0 Å². The van der Waals surface area contributed by atoms with E-state index in [1.54, 1.807) is 6.08 Å². The molecule has 4 rings (SSSR count). The molecule has 2 saturated carbocycles. The van der Waals surface area contributed by atoms with Gasteiger partial charge < -0.3 is 14.9 Å². The van der Waals surface area contributed by atoms with Crippen molar-refractivity contribution in [3.05, 3.63) is 23.3 Å². The first-order chi connectivity index (χ1) is 15.1. The van der Waals surface area contributed by atoms with Crippen LogP contribution in [-0.4, -0.2) is 46.4 Å². The summed E-state index contributed by atoms with van der Waals surface area (Å²) in [5, 5.41) is 20.0. The fraction of sp³-hybridized carbons (Fsp3) is 0.680. The van der Waals surface area contributed by atoms with Crippen LogP contribution in [0, 0.1) is 28.6 Å². The quantitative estimate of drug-likeness (QED) is 0.605. The molecule has 0 saturated heterocycles. The highest BCUT2D eigenvalue weighted by molar-refractivity contribution is 5.99. The Morgan fingerprint density at radius 2 is 1.91 bits per heavy atom. The maximum absolute atomic E-state index is 13.0. The SMILES string of the molecule is C[C@]12CCC(=O)C=C1CC[C@@H]1[C@@H]2[C@@H](O)C[C@]2(C)C(C(=O)COC(=O)CCC(=O)O)=CC[C@@H]12. The number of carbonyl (C=O) groups excluding carboxylic acids is 3. The number of ketones is 2. The number of hydrogen-bond donors (Lipinski definition) is 2. The number of aliphatic hydroxyl groups excluding tert-OH is 1. The van der Waals surface area contributed by atoms with Crippen LogP contribution < -0.4 is 0 Å². The van der Waals surface area contributed by atoms with Gasteiger partial charge in [0.2, 0.25) is 0 Å². The molecular weight excluding hydrogens is 412 g/mol. The monoisotopic (exact) mass is 444 g/mol. The Bertz CT molecular complexity index is 915. The zero-order valence-electron chi connectivity index (χ0n) is 18.8. The predicted molar refractivity (Wildman–Crippen MR) is 114 cm³/mol. The van der Waals surface area contributed by atoms with Gasteiger partial charge in [-0.25, -0.2) is 0 Å². The summed E-state index contributed by atoms with van der Waals surface area (Å²) in [6.45, 7) is 3.83. The molecule has 0 bridgehead atoms. The molecule has 6 atom stereocenters. The van der Waals surface area contributed by atoms with Crippen LogP contribution >= 0.6 is 0 Å². The Balaban J connectivity index is 1.48. The molecule has 2 fully saturated rings. The summed E-state index contributed by atoms with van der Waals surface area (Å²) in [4.78, 5) is 47.3. The van der Waals surface area contributed by atoms with Crippen molar-refractivity contribution in [2.24, 2.45) is 28.6 Å². The normalized spacial score (nSPS) is 38.0. The minimum atomic E-state index is -1.09. The Labute approximate surface area is 187 Å². The summed E-state index contributed by atoms with van der Waals surface area (Å²) in [6, 6.07) is 0. The summed E-state index contributed by atoms with van der Waals surface area (Å²) in [6.07, 6.45) is 6.86. The highest BCUT2D eigenvalue weighted by Crippen LogP contribution is 2.65. The van der Waals surface area contributed by atoms with Gasteiger partial charge in [-0.3, -0.25) is 19.2 Å². The van der Waals surface area contributed by atoms with Crippen molar-refractivity contribution in [1.82, 2.24) is 0 Å². The van der Waals surface area contributed by atoms with Crippen molar-refractivity contribution in [2.75, 3.05) is 6.61 Å². The van der Waals surface area contributed by atoms with Gasteiger partial charge in [-0.1, -0.05) is 25.5 Å². The second-order valence-corrected chi connectivity index (χ2v) is 10.4. The van der Waals surface area contributed by atoms with E-state index in [9.17, 15) is 24.3 Å². The van der Waals surface area contributed by atoms with Gasteiger partial charge in [0.25, 0.3) is 0 Å². The molecule has 0 unspecified atom stereocenters. The van der Waals surface area contributed by atoms with Gasteiger partial charge >= 0.3 is 11.9 Å². The summed E-state index contributed by atoms with van der Waals surface area (Å²) in [7, 11) is 0. The molecule has 7 nitrogen and oxygen atoms in total. The second-order valence-electron chi connectivity index (χ2n) is 10.4. The molecule has 0 amide bonds. The molecule has 0 radical (unpaired) electrons. The number of carbonyl (C=O) groups is 4. The number of aliphatic carboxylic acids is 1. The van der Waals surface area contributed by atoms with Gasteiger partial charge in [-0.15, -0.1) is 0 Å². The van der Waals surface area contributed by atoms with Gasteiger partial charge in [0.05, 0.1) is 18.9 Å². The fourth-order valence-corrected chi connectivity index (χ4v) is 7.19. The molecule has 0 heterocycles. The number of ether oxygens (including phenoxy) is 1. The number of hydrogen-bond acceptors (Lipinski definition) is 6. The highest BCUT2D eigenvalue weighted by atomic mass is 16.5. The molecule has 4 aliphatic rings. The van der Waals surface area contributed by atoms with Crippen LogP contribution in [0.3, 0.4) is 0 Å². The molecule has 4 aliphatic carbocycles. The van der Waals surface area contributed by atoms with Crippen LogP contribution in [-0.2, 0) is 23.9 Å². The molecule has 0 spiro atoms. The second kappa shape index (κ2) is 8.25. The number of rotatable bonds is 6. The van der Waals surface area contributed by atoms with E-state index in [1.165, 1.54) is 5.57 Å². The van der Waals surface area contributed by atoms with E-state index in [1.807, 2.05) is 13.0 Å². The number of aliphatic hydroxyl groups is 1. The van der Waals surface area contributed by atoms with Gasteiger partial charge in [0, 0.05) is 17.4 Å². The lowest BCUT2D eigenvalue weighted by atomic mass is 9.46. The molecule has 2 N–H and O–H groups in total. The number of fused-ring (bicyclic) bond motifs is 5. The third-order valence-corrected chi connectivity index (χ3v) is 8.69. The first kappa shape index (κ1) is 22.9. The third kappa shape index (κ3) is 3.74. The highest BCUT2D eigenvalue weighted by Gasteiger charge is 2.61. The Morgan fingerprint density at radius 3 is 2.62 bits per heavy atom. The van der Waals surface area contributed by atoms with E-state index in [0.29, 0.717) is 18.4 Å². The lowest BCUT2D eigenvalue weighted by molar-refractivity contribution is -0.150. The van der Waals surface area contributed by atoms with Gasteiger partial charge in [-0.2, -0.15) is 0 Å². The Morgan fingerprint density at radius 1 is 1.16 bits per heavy atom. The maximum Gasteiger partial charge on any atom is 0.306 e. The molecular formula is C25H32O7. The fourth-order valence-electron chi connectivity index (χ4n) is 7.19. The zero-order chi connectivity index (χ0) is 23.3. The zero-order valence-corrected chi connectivity index (χ0v) is 18.8. The van der Waals surface area contributed by atoms with E-state index in [2.05, 4.69) is 6.92 Å². The smallest absolute Gasteiger partial charge is 0.306 e. The van der Waals surface area contributed by atoms with Crippen LogP contribution in [0.5, 0.6) is 0 Å². The molecule has 174 valence electrons. The number of esters is 1. The number of carboxylic acid groups (broad SMARTS) is 1. The van der Waals surface area contributed by atoms with Crippen LogP contribution in [0.2, 0.25) is 0 Å². The van der Waals surface area contributed by atoms with E-state index in [4.69, 9.17) is 9.84 Å². The van der Waals surface area contributed by atoms with Crippen LogP contribution in [0.1, 0.15) is 65.2 Å². The van der Waals surface area contributed by atoms with Crippen LogP contribution in [0.15, 0.2) is 23.3 Å². The minimum absolute atomic E-state index is 0.0744. The Hall–Kier alpha value is -2.28. The van der Waals surface area contributed by atoms with Crippen molar-refractivity contribution in [3.8, 4) is 0 Å². The van der Waals surface area contributed by atoms with Crippen LogP contribution in [0.25, 0.3) is 0 Å². The topological polar surface area (TPSA) is 118 Å². The first-order valence-electron chi connectivity index (χ1n) is 11.6. The largest absolute Gasteiger partial charge is 0.481 e. The lowest BCUT2D eigenvalue weighted by Gasteiger charge is -2.59. The van der Waals surface area contributed by atoms with Crippen molar-refractivity contribution in [3.63, 3.8) is 0 Å². The average Bonchev–Trinajstić information content (AvgIpc) is 3.07. The van der Waals surface area contributed by atoms with Gasteiger partial charge in [0.15, 0.2) is 18.2 Å². The number of Topliss-reactive ketones (excluding diaryl/α,β-unsaturated/α-hetero) is 1. The summed E-state index contributed by atoms with van der Waals surface area (Å²) >= 11 is 0. The van der Waals surface area contributed by atoms with E-state index < -0.39 is 30.1 Å². The standard InChI is InChI=1S/C25H32O7/c1-24-10-9-15(26)11-14(24)3-4-16-17-5-6-18(25(17,2)12-19(27)23(16)24)20(28)13-32-22(31)8-7-21(29)30/h6,11,16-17,19,23,27H,3-5,7-10,12-13H2,1-2H3,(H,29,30)/t16-,17-,19-,23+,24-,25-/m0/s1. The first-order valence-corrected chi connectivity index (χ1v) is 11.6. The molecule has 32 heavy (non-hydrogen) atoms. The minimum Gasteiger partial charge on any atom is -0.481 e. The lowest BCUT2D eigenvalue weighted by Crippen LogP contribution is -2.56. The third-order valence-electron chi connectivity index (χ3n) is 8.69.